The van der Waals surface area contributed by atoms with Crippen molar-refractivity contribution in [3.8, 4) is 0 Å². The molecule has 1 nitrogen and oxygen atoms in total. The van der Waals surface area contributed by atoms with Gasteiger partial charge in [0.1, 0.15) is 0 Å². The molecule has 0 aromatic heterocycles. The molecular formula is C10H23NS2. The summed E-state index contributed by atoms with van der Waals surface area (Å²) in [6, 6.07) is 1.28. The molecule has 0 aromatic carbocycles. The average Bonchev–Trinajstić information content (AvgIpc) is 2.02. The summed E-state index contributed by atoms with van der Waals surface area (Å²) in [5, 5.41) is 0. The minimum atomic E-state index is 0.638. The van der Waals surface area contributed by atoms with E-state index in [1.165, 1.54) is 18.6 Å². The second-order valence-electron chi connectivity index (χ2n) is 3.80. The van der Waals surface area contributed by atoms with E-state index in [0.717, 1.165) is 0 Å². The second-order valence-corrected chi connectivity index (χ2v) is 6.17. The third kappa shape index (κ3) is 6.69. The van der Waals surface area contributed by atoms with E-state index < -0.39 is 0 Å². The van der Waals surface area contributed by atoms with Crippen LogP contribution in [0, 0.1) is 0 Å². The normalized spacial score (nSPS) is 12.0. The molecule has 0 heterocycles. The summed E-state index contributed by atoms with van der Waals surface area (Å²) >= 11 is 0. The van der Waals surface area contributed by atoms with Crippen molar-refractivity contribution in [3.05, 3.63) is 0 Å². The van der Waals surface area contributed by atoms with Crippen molar-refractivity contribution in [2.45, 2.75) is 59.5 Å². The van der Waals surface area contributed by atoms with Crippen molar-refractivity contribution in [3.63, 3.8) is 0 Å². The fourth-order valence-corrected chi connectivity index (χ4v) is 3.99. The predicted molar refractivity (Wildman–Crippen MR) is 67.1 cm³/mol. The van der Waals surface area contributed by atoms with E-state index in [9.17, 15) is 0 Å². The van der Waals surface area contributed by atoms with Gasteiger partial charge in [0.15, 0.2) is 0 Å². The fourth-order valence-electron chi connectivity index (χ4n) is 1.07. The van der Waals surface area contributed by atoms with Crippen LogP contribution in [0.2, 0.25) is 0 Å². The van der Waals surface area contributed by atoms with Gasteiger partial charge in [-0.15, -0.1) is 0 Å². The molecule has 0 rings (SSSR count). The van der Waals surface area contributed by atoms with Crippen LogP contribution in [0.3, 0.4) is 0 Å². The van der Waals surface area contributed by atoms with E-state index in [4.69, 9.17) is 0 Å². The molecule has 0 N–H and O–H groups in total. The molecule has 0 aromatic rings. The molecule has 0 aliphatic rings. The lowest BCUT2D eigenvalue weighted by Gasteiger charge is -2.28. The maximum atomic E-state index is 2.46. The summed E-state index contributed by atoms with van der Waals surface area (Å²) in [6.45, 7) is 11.3. The molecule has 80 valence electrons. The molecule has 0 radical (unpaired) electrons. The fraction of sp³-hybridized carbons (Fsp3) is 1.00. The third-order valence-corrected chi connectivity index (χ3v) is 4.65. The first-order valence-corrected chi connectivity index (χ1v) is 7.45. The summed E-state index contributed by atoms with van der Waals surface area (Å²) < 4.78 is 2.46. The summed E-state index contributed by atoms with van der Waals surface area (Å²) in [5.74, 6) is 1.27. The molecule has 0 saturated carbocycles. The molecule has 0 atom stereocenters. The van der Waals surface area contributed by atoms with Crippen LogP contribution in [0.15, 0.2) is 0 Å². The predicted octanol–water partition coefficient (Wildman–Crippen LogP) is 4.20. The Kier molecular flexibility index (Phi) is 8.42. The molecule has 0 saturated heterocycles. The van der Waals surface area contributed by atoms with E-state index in [0.29, 0.717) is 12.1 Å². The van der Waals surface area contributed by atoms with Gasteiger partial charge in [-0.2, -0.15) is 0 Å². The SMILES string of the molecule is CCCCSSN(C(C)C)C(C)C. The maximum Gasteiger partial charge on any atom is 0.0156 e. The maximum absolute atomic E-state index is 2.46. The number of hydrogen-bond acceptors (Lipinski definition) is 3. The van der Waals surface area contributed by atoms with E-state index in [-0.39, 0.29) is 0 Å². The molecule has 0 amide bonds. The van der Waals surface area contributed by atoms with Crippen LogP contribution in [0.4, 0.5) is 0 Å². The van der Waals surface area contributed by atoms with Crippen LogP contribution in [0.25, 0.3) is 0 Å². The molecule has 0 bridgehead atoms. The first kappa shape index (κ1) is 13.7. The van der Waals surface area contributed by atoms with Gasteiger partial charge >= 0.3 is 0 Å². The molecule has 0 fully saturated rings. The molecule has 0 aliphatic heterocycles. The first-order valence-electron chi connectivity index (χ1n) is 5.17. The van der Waals surface area contributed by atoms with Crippen molar-refractivity contribution >= 4 is 21.8 Å². The van der Waals surface area contributed by atoms with Crippen molar-refractivity contribution in [2.24, 2.45) is 0 Å². The molecular weight excluding hydrogens is 198 g/mol. The monoisotopic (exact) mass is 221 g/mol. The van der Waals surface area contributed by atoms with Crippen LogP contribution in [0.5, 0.6) is 0 Å². The molecule has 0 aliphatic carbocycles. The largest absolute Gasteiger partial charge is 0.236 e. The van der Waals surface area contributed by atoms with Gasteiger partial charge in [-0.1, -0.05) is 24.1 Å². The summed E-state index contributed by atoms with van der Waals surface area (Å²) in [7, 11) is 3.91. The lowest BCUT2D eigenvalue weighted by Crippen LogP contribution is -2.29. The number of unbranched alkanes of at least 4 members (excludes halogenated alkanes) is 1. The van der Waals surface area contributed by atoms with Crippen molar-refractivity contribution in [1.82, 2.24) is 4.31 Å². The van der Waals surface area contributed by atoms with E-state index >= 15 is 0 Å². The zero-order valence-electron chi connectivity index (χ0n) is 9.54. The van der Waals surface area contributed by atoms with Gasteiger partial charge in [-0.05, 0) is 45.1 Å². The minimum absolute atomic E-state index is 0.638. The van der Waals surface area contributed by atoms with Crippen molar-refractivity contribution in [1.29, 1.82) is 0 Å². The lowest BCUT2D eigenvalue weighted by atomic mass is 10.3. The Morgan fingerprint density at radius 1 is 1.08 bits per heavy atom. The topological polar surface area (TPSA) is 3.24 Å². The highest BCUT2D eigenvalue weighted by Gasteiger charge is 2.13. The van der Waals surface area contributed by atoms with E-state index in [1.807, 2.05) is 21.8 Å². The van der Waals surface area contributed by atoms with Crippen LogP contribution >= 0.6 is 21.8 Å². The zero-order valence-corrected chi connectivity index (χ0v) is 11.2. The molecule has 0 unspecified atom stereocenters. The highest BCUT2D eigenvalue weighted by molar-refractivity contribution is 8.75. The molecule has 13 heavy (non-hydrogen) atoms. The highest BCUT2D eigenvalue weighted by Crippen LogP contribution is 2.30. The Bertz CT molecular complexity index is 107. The van der Waals surface area contributed by atoms with Crippen molar-refractivity contribution < 1.29 is 0 Å². The summed E-state index contributed by atoms with van der Waals surface area (Å²) in [6.07, 6.45) is 2.64. The number of hydrogen-bond donors (Lipinski definition) is 0. The van der Waals surface area contributed by atoms with Gasteiger partial charge in [0.05, 0.1) is 0 Å². The van der Waals surface area contributed by atoms with Gasteiger partial charge in [-0.25, -0.2) is 4.31 Å². The van der Waals surface area contributed by atoms with Gasteiger partial charge in [-0.3, -0.25) is 0 Å². The Balaban J connectivity index is 3.58. The van der Waals surface area contributed by atoms with E-state index in [2.05, 4.69) is 38.9 Å². The Morgan fingerprint density at radius 2 is 1.62 bits per heavy atom. The van der Waals surface area contributed by atoms with Crippen LogP contribution < -0.4 is 0 Å². The summed E-state index contributed by atoms with van der Waals surface area (Å²) in [5.41, 5.74) is 0. The number of nitrogens with zero attached hydrogens (tertiary/aromatic N) is 1. The van der Waals surface area contributed by atoms with Gasteiger partial charge in [0, 0.05) is 17.8 Å². The van der Waals surface area contributed by atoms with Crippen molar-refractivity contribution in [2.75, 3.05) is 5.75 Å². The number of rotatable bonds is 7. The minimum Gasteiger partial charge on any atom is -0.236 e. The quantitative estimate of drug-likeness (QED) is 0.360. The Hall–Kier alpha value is 0.660. The molecule has 0 spiro atoms. The van der Waals surface area contributed by atoms with Crippen LogP contribution in [-0.4, -0.2) is 22.1 Å². The highest BCUT2D eigenvalue weighted by atomic mass is 33.1. The Labute approximate surface area is 91.6 Å². The average molecular weight is 221 g/mol. The third-order valence-electron chi connectivity index (χ3n) is 1.74. The van der Waals surface area contributed by atoms with Crippen LogP contribution in [0.1, 0.15) is 47.5 Å². The van der Waals surface area contributed by atoms with Gasteiger partial charge in [0.2, 0.25) is 0 Å². The first-order chi connectivity index (χ1) is 6.09. The van der Waals surface area contributed by atoms with Gasteiger partial charge < -0.3 is 0 Å². The van der Waals surface area contributed by atoms with E-state index in [1.54, 1.807) is 0 Å². The smallest absolute Gasteiger partial charge is 0.0156 e. The second kappa shape index (κ2) is 8.01. The summed E-state index contributed by atoms with van der Waals surface area (Å²) in [4.78, 5) is 0. The zero-order chi connectivity index (χ0) is 10.3. The Morgan fingerprint density at radius 3 is 2.00 bits per heavy atom. The standard InChI is InChI=1S/C10H23NS2/c1-6-7-8-12-13-11(9(2)3)10(4)5/h9-10H,6-8H2,1-5H3. The van der Waals surface area contributed by atoms with Crippen LogP contribution in [-0.2, 0) is 0 Å². The lowest BCUT2D eigenvalue weighted by molar-refractivity contribution is 0.339. The molecule has 3 heteroatoms. The van der Waals surface area contributed by atoms with Gasteiger partial charge in [0.25, 0.3) is 0 Å².